The lowest BCUT2D eigenvalue weighted by molar-refractivity contribution is -0.122. The fourth-order valence-corrected chi connectivity index (χ4v) is 3.67. The maximum Gasteiger partial charge on any atom is 0.267 e. The molecule has 2 aromatic carbocycles. The minimum absolute atomic E-state index is 0.151. The van der Waals surface area contributed by atoms with Gasteiger partial charge in [0, 0.05) is 16.8 Å². The van der Waals surface area contributed by atoms with Crippen LogP contribution < -0.4 is 19.1 Å². The SMILES string of the molecule is COc1cccc(NC(=O)[C@H]2CN(S(C)(=O)=O)c3cc(Cl)ccc3O2)c1. The molecule has 0 aromatic heterocycles. The number of hydrogen-bond donors (Lipinski definition) is 1. The van der Waals surface area contributed by atoms with Gasteiger partial charge >= 0.3 is 0 Å². The third-order valence-electron chi connectivity index (χ3n) is 3.82. The Morgan fingerprint density at radius 1 is 1.31 bits per heavy atom. The van der Waals surface area contributed by atoms with E-state index in [2.05, 4.69) is 5.32 Å². The molecular formula is C17H17ClN2O5S. The van der Waals surface area contributed by atoms with Gasteiger partial charge in [0.05, 0.1) is 25.6 Å². The van der Waals surface area contributed by atoms with E-state index in [0.29, 0.717) is 22.1 Å². The van der Waals surface area contributed by atoms with E-state index in [1.54, 1.807) is 36.4 Å². The molecule has 1 heterocycles. The molecule has 3 rings (SSSR count). The summed E-state index contributed by atoms with van der Waals surface area (Å²) in [6.07, 6.45) is 0.0598. The molecule has 0 fully saturated rings. The predicted molar refractivity (Wildman–Crippen MR) is 99.7 cm³/mol. The van der Waals surface area contributed by atoms with Crippen molar-refractivity contribution in [1.82, 2.24) is 0 Å². The molecule has 26 heavy (non-hydrogen) atoms. The molecule has 0 bridgehead atoms. The van der Waals surface area contributed by atoms with Gasteiger partial charge in [0.15, 0.2) is 6.10 Å². The number of nitrogens with one attached hydrogen (secondary N) is 1. The number of halogens is 1. The van der Waals surface area contributed by atoms with E-state index in [1.807, 2.05) is 0 Å². The Labute approximate surface area is 156 Å². The van der Waals surface area contributed by atoms with Crippen molar-refractivity contribution in [2.24, 2.45) is 0 Å². The lowest BCUT2D eigenvalue weighted by Crippen LogP contribution is -2.48. The van der Waals surface area contributed by atoms with Crippen LogP contribution in [0.15, 0.2) is 42.5 Å². The van der Waals surface area contributed by atoms with Gasteiger partial charge in [-0.2, -0.15) is 0 Å². The number of rotatable bonds is 4. The van der Waals surface area contributed by atoms with Crippen molar-refractivity contribution >= 4 is 38.9 Å². The number of carbonyl (C=O) groups excluding carboxylic acids is 1. The summed E-state index contributed by atoms with van der Waals surface area (Å²) >= 11 is 5.96. The molecule has 7 nitrogen and oxygen atoms in total. The van der Waals surface area contributed by atoms with Crippen molar-refractivity contribution in [3.05, 3.63) is 47.5 Å². The van der Waals surface area contributed by atoms with Gasteiger partial charge in [-0.25, -0.2) is 8.42 Å². The zero-order valence-corrected chi connectivity index (χ0v) is 15.7. The van der Waals surface area contributed by atoms with Crippen molar-refractivity contribution in [3.8, 4) is 11.5 Å². The molecule has 0 saturated carbocycles. The summed E-state index contributed by atoms with van der Waals surface area (Å²) in [4.78, 5) is 12.6. The standard InChI is InChI=1S/C17H17ClN2O5S/c1-24-13-5-3-4-12(9-13)19-17(21)16-10-20(26(2,22)23)14-8-11(18)6-7-15(14)25-16/h3-9,16H,10H2,1-2H3,(H,19,21)/t16-/m1/s1. The second-order valence-corrected chi connectivity index (χ2v) is 8.08. The number of sulfonamides is 1. The fraction of sp³-hybridized carbons (Fsp3) is 0.235. The van der Waals surface area contributed by atoms with Crippen molar-refractivity contribution in [1.29, 1.82) is 0 Å². The minimum atomic E-state index is -3.61. The second-order valence-electron chi connectivity index (χ2n) is 5.73. The molecule has 1 aliphatic rings. The van der Waals surface area contributed by atoms with E-state index in [4.69, 9.17) is 21.1 Å². The van der Waals surface area contributed by atoms with Crippen molar-refractivity contribution < 1.29 is 22.7 Å². The molecule has 1 N–H and O–H groups in total. The van der Waals surface area contributed by atoms with Gasteiger partial charge in [-0.15, -0.1) is 0 Å². The Bertz CT molecular complexity index is 948. The molecule has 9 heteroatoms. The Kier molecular flexibility index (Phi) is 4.97. The second kappa shape index (κ2) is 7.05. The molecule has 0 radical (unpaired) electrons. The van der Waals surface area contributed by atoms with E-state index in [-0.39, 0.29) is 12.3 Å². The van der Waals surface area contributed by atoms with Crippen LogP contribution in [0.1, 0.15) is 0 Å². The highest BCUT2D eigenvalue weighted by atomic mass is 35.5. The van der Waals surface area contributed by atoms with E-state index in [0.717, 1.165) is 10.6 Å². The number of benzene rings is 2. The lowest BCUT2D eigenvalue weighted by atomic mass is 10.2. The van der Waals surface area contributed by atoms with E-state index >= 15 is 0 Å². The molecule has 138 valence electrons. The average Bonchev–Trinajstić information content (AvgIpc) is 2.60. The van der Waals surface area contributed by atoms with Crippen LogP contribution in [0.4, 0.5) is 11.4 Å². The maximum absolute atomic E-state index is 12.6. The summed E-state index contributed by atoms with van der Waals surface area (Å²) in [5.74, 6) is 0.398. The van der Waals surface area contributed by atoms with Crippen LogP contribution in [0, 0.1) is 0 Å². The summed E-state index contributed by atoms with van der Waals surface area (Å²) in [5.41, 5.74) is 0.830. The third kappa shape index (κ3) is 3.86. The average molecular weight is 397 g/mol. The zero-order chi connectivity index (χ0) is 18.9. The van der Waals surface area contributed by atoms with Crippen LogP contribution in [0.5, 0.6) is 11.5 Å². The van der Waals surface area contributed by atoms with Gasteiger partial charge in [0.25, 0.3) is 5.91 Å². The van der Waals surface area contributed by atoms with Gasteiger partial charge < -0.3 is 14.8 Å². The van der Waals surface area contributed by atoms with Crippen molar-refractivity contribution in [2.45, 2.75) is 6.10 Å². The van der Waals surface area contributed by atoms with Crippen molar-refractivity contribution in [3.63, 3.8) is 0 Å². The first kappa shape index (κ1) is 18.3. The first-order valence-corrected chi connectivity index (χ1v) is 9.89. The molecule has 0 unspecified atom stereocenters. The monoisotopic (exact) mass is 396 g/mol. The largest absolute Gasteiger partial charge is 0.497 e. The number of hydrogen-bond acceptors (Lipinski definition) is 5. The van der Waals surface area contributed by atoms with E-state index in [9.17, 15) is 13.2 Å². The first-order chi connectivity index (χ1) is 12.3. The van der Waals surface area contributed by atoms with Gasteiger partial charge in [-0.1, -0.05) is 17.7 Å². The number of fused-ring (bicyclic) bond motifs is 1. The number of methoxy groups -OCH3 is 1. The van der Waals surface area contributed by atoms with Gasteiger partial charge in [-0.05, 0) is 30.3 Å². The van der Waals surface area contributed by atoms with E-state index in [1.165, 1.54) is 13.2 Å². The van der Waals surface area contributed by atoms with Crippen LogP contribution in [0.2, 0.25) is 5.02 Å². The quantitative estimate of drug-likeness (QED) is 0.858. The smallest absolute Gasteiger partial charge is 0.267 e. The van der Waals surface area contributed by atoms with Crippen LogP contribution in [-0.4, -0.2) is 40.3 Å². The Morgan fingerprint density at radius 3 is 2.77 bits per heavy atom. The normalized spacial score (nSPS) is 16.4. The zero-order valence-electron chi connectivity index (χ0n) is 14.1. The highest BCUT2D eigenvalue weighted by Crippen LogP contribution is 2.37. The number of nitrogens with zero attached hydrogens (tertiary/aromatic N) is 1. The highest BCUT2D eigenvalue weighted by Gasteiger charge is 2.35. The molecule has 1 amide bonds. The number of carbonyl (C=O) groups is 1. The maximum atomic E-state index is 12.6. The minimum Gasteiger partial charge on any atom is -0.497 e. The Balaban J connectivity index is 1.87. The fourth-order valence-electron chi connectivity index (χ4n) is 2.60. The third-order valence-corrected chi connectivity index (χ3v) is 5.20. The molecule has 0 saturated heterocycles. The van der Waals surface area contributed by atoms with Crippen molar-refractivity contribution in [2.75, 3.05) is 29.5 Å². The summed E-state index contributed by atoms with van der Waals surface area (Å²) in [6.45, 7) is -0.151. The van der Waals surface area contributed by atoms with Gasteiger partial charge in [-0.3, -0.25) is 9.10 Å². The number of anilines is 2. The molecule has 0 spiro atoms. The highest BCUT2D eigenvalue weighted by molar-refractivity contribution is 7.92. The lowest BCUT2D eigenvalue weighted by Gasteiger charge is -2.34. The van der Waals surface area contributed by atoms with Gasteiger partial charge in [0.1, 0.15) is 11.5 Å². The van der Waals surface area contributed by atoms with E-state index < -0.39 is 22.0 Å². The first-order valence-electron chi connectivity index (χ1n) is 7.67. The predicted octanol–water partition coefficient (Wildman–Crippen LogP) is 2.51. The number of amides is 1. The van der Waals surface area contributed by atoms with Crippen LogP contribution >= 0.6 is 11.6 Å². The van der Waals surface area contributed by atoms with Crippen LogP contribution in [-0.2, 0) is 14.8 Å². The molecule has 0 aliphatic carbocycles. The molecular weight excluding hydrogens is 380 g/mol. The van der Waals surface area contributed by atoms with Gasteiger partial charge in [0.2, 0.25) is 10.0 Å². The summed E-state index contributed by atoms with van der Waals surface area (Å²) in [5, 5.41) is 3.08. The van der Waals surface area contributed by atoms with Crippen LogP contribution in [0.3, 0.4) is 0 Å². The summed E-state index contributed by atoms with van der Waals surface area (Å²) in [6, 6.07) is 11.4. The number of ether oxygens (including phenoxy) is 2. The van der Waals surface area contributed by atoms with Crippen LogP contribution in [0.25, 0.3) is 0 Å². The molecule has 1 atom stereocenters. The Morgan fingerprint density at radius 2 is 2.08 bits per heavy atom. The molecule has 2 aromatic rings. The summed E-state index contributed by atoms with van der Waals surface area (Å²) in [7, 11) is -2.09. The summed E-state index contributed by atoms with van der Waals surface area (Å²) < 4.78 is 36.2. The topological polar surface area (TPSA) is 84.9 Å². The Hall–Kier alpha value is -2.45. The molecule has 1 aliphatic heterocycles.